The summed E-state index contributed by atoms with van der Waals surface area (Å²) in [5, 5.41) is 9.19. The van der Waals surface area contributed by atoms with E-state index in [4.69, 9.17) is 4.74 Å². The van der Waals surface area contributed by atoms with Crippen LogP contribution >= 0.6 is 0 Å². The van der Waals surface area contributed by atoms with Gasteiger partial charge in [0.25, 0.3) is 0 Å². The van der Waals surface area contributed by atoms with Crippen LogP contribution in [-0.2, 0) is 4.74 Å². The SMILES string of the molecule is CC1(CO)CCOC1C1CC1. The van der Waals surface area contributed by atoms with E-state index < -0.39 is 0 Å². The van der Waals surface area contributed by atoms with Crippen LogP contribution in [0.5, 0.6) is 0 Å². The molecule has 1 saturated carbocycles. The first-order valence-electron chi connectivity index (χ1n) is 4.49. The number of hydrogen-bond acceptors (Lipinski definition) is 2. The molecule has 0 aromatic heterocycles. The van der Waals surface area contributed by atoms with Crippen LogP contribution in [0.1, 0.15) is 26.2 Å². The van der Waals surface area contributed by atoms with Gasteiger partial charge in [0.05, 0.1) is 12.7 Å². The van der Waals surface area contributed by atoms with Crippen LogP contribution in [0, 0.1) is 11.3 Å². The van der Waals surface area contributed by atoms with Gasteiger partial charge in [-0.15, -0.1) is 0 Å². The van der Waals surface area contributed by atoms with Gasteiger partial charge in [-0.2, -0.15) is 0 Å². The molecule has 0 aromatic carbocycles. The third kappa shape index (κ3) is 1.18. The Morgan fingerprint density at radius 1 is 1.55 bits per heavy atom. The highest BCUT2D eigenvalue weighted by molar-refractivity contribution is 4.96. The molecule has 2 rings (SSSR count). The van der Waals surface area contributed by atoms with Gasteiger partial charge in [-0.05, 0) is 25.2 Å². The maximum absolute atomic E-state index is 9.19. The number of aliphatic hydroxyl groups excluding tert-OH is 1. The highest BCUT2D eigenvalue weighted by Crippen LogP contribution is 2.47. The highest BCUT2D eigenvalue weighted by atomic mass is 16.5. The van der Waals surface area contributed by atoms with Crippen LogP contribution in [-0.4, -0.2) is 24.4 Å². The van der Waals surface area contributed by atoms with Gasteiger partial charge in [0.2, 0.25) is 0 Å². The van der Waals surface area contributed by atoms with E-state index in [0.717, 1.165) is 18.9 Å². The number of ether oxygens (including phenoxy) is 1. The van der Waals surface area contributed by atoms with Crippen molar-refractivity contribution in [2.45, 2.75) is 32.3 Å². The third-order valence-corrected chi connectivity index (χ3v) is 3.07. The van der Waals surface area contributed by atoms with Gasteiger partial charge in [-0.1, -0.05) is 6.92 Å². The van der Waals surface area contributed by atoms with Crippen molar-refractivity contribution in [2.75, 3.05) is 13.2 Å². The highest BCUT2D eigenvalue weighted by Gasteiger charge is 2.47. The zero-order valence-electron chi connectivity index (χ0n) is 7.05. The second kappa shape index (κ2) is 2.46. The molecule has 1 N–H and O–H groups in total. The van der Waals surface area contributed by atoms with Crippen LogP contribution in [0.15, 0.2) is 0 Å². The van der Waals surface area contributed by atoms with E-state index in [1.165, 1.54) is 12.8 Å². The molecule has 2 atom stereocenters. The van der Waals surface area contributed by atoms with Crippen molar-refractivity contribution < 1.29 is 9.84 Å². The molecule has 1 saturated heterocycles. The first kappa shape index (κ1) is 7.56. The molecule has 2 nitrogen and oxygen atoms in total. The second-order valence-electron chi connectivity index (χ2n) is 4.19. The van der Waals surface area contributed by atoms with E-state index in [2.05, 4.69) is 6.92 Å². The van der Waals surface area contributed by atoms with Gasteiger partial charge >= 0.3 is 0 Å². The minimum Gasteiger partial charge on any atom is -0.396 e. The maximum atomic E-state index is 9.19. The predicted molar refractivity (Wildman–Crippen MR) is 42.3 cm³/mol. The normalized spacial score (nSPS) is 44.7. The summed E-state index contributed by atoms with van der Waals surface area (Å²) in [6, 6.07) is 0. The van der Waals surface area contributed by atoms with Crippen molar-refractivity contribution in [3.8, 4) is 0 Å². The summed E-state index contributed by atoms with van der Waals surface area (Å²) in [4.78, 5) is 0. The molecule has 1 aliphatic heterocycles. The molecule has 2 unspecified atom stereocenters. The first-order chi connectivity index (χ1) is 5.26. The lowest BCUT2D eigenvalue weighted by molar-refractivity contribution is 0.0105. The molecule has 0 radical (unpaired) electrons. The Bertz CT molecular complexity index is 154. The quantitative estimate of drug-likeness (QED) is 0.650. The fourth-order valence-corrected chi connectivity index (χ4v) is 2.04. The number of aliphatic hydroxyl groups is 1. The van der Waals surface area contributed by atoms with Gasteiger partial charge in [0.15, 0.2) is 0 Å². The van der Waals surface area contributed by atoms with Gasteiger partial charge in [0, 0.05) is 12.0 Å². The smallest absolute Gasteiger partial charge is 0.0679 e. The molecule has 2 aliphatic rings. The molecule has 2 heteroatoms. The fraction of sp³-hybridized carbons (Fsp3) is 1.00. The number of rotatable bonds is 2. The lowest BCUT2D eigenvalue weighted by Gasteiger charge is -2.27. The van der Waals surface area contributed by atoms with Crippen LogP contribution < -0.4 is 0 Å². The van der Waals surface area contributed by atoms with Crippen molar-refractivity contribution in [3.63, 3.8) is 0 Å². The fourth-order valence-electron chi connectivity index (χ4n) is 2.04. The Hall–Kier alpha value is -0.0800. The minimum atomic E-state index is 0.0706. The van der Waals surface area contributed by atoms with Crippen LogP contribution in [0.3, 0.4) is 0 Å². The average Bonchev–Trinajstić information content (AvgIpc) is 2.77. The summed E-state index contributed by atoms with van der Waals surface area (Å²) < 4.78 is 5.62. The lowest BCUT2D eigenvalue weighted by atomic mass is 9.82. The monoisotopic (exact) mass is 156 g/mol. The van der Waals surface area contributed by atoms with E-state index in [1.54, 1.807) is 0 Å². The van der Waals surface area contributed by atoms with Crippen molar-refractivity contribution in [1.29, 1.82) is 0 Å². The molecular formula is C9H16O2. The van der Waals surface area contributed by atoms with E-state index in [-0.39, 0.29) is 12.0 Å². The van der Waals surface area contributed by atoms with Crippen molar-refractivity contribution in [3.05, 3.63) is 0 Å². The topological polar surface area (TPSA) is 29.5 Å². The van der Waals surface area contributed by atoms with Gasteiger partial charge in [-0.3, -0.25) is 0 Å². The number of hydrogen-bond donors (Lipinski definition) is 1. The molecule has 2 fully saturated rings. The largest absolute Gasteiger partial charge is 0.396 e. The summed E-state index contributed by atoms with van der Waals surface area (Å²) in [5.74, 6) is 0.759. The standard InChI is InChI=1S/C9H16O2/c1-9(6-10)4-5-11-8(9)7-2-3-7/h7-8,10H,2-6H2,1H3. The van der Waals surface area contributed by atoms with E-state index >= 15 is 0 Å². The summed E-state index contributed by atoms with van der Waals surface area (Å²) in [7, 11) is 0. The zero-order chi connectivity index (χ0) is 7.90. The van der Waals surface area contributed by atoms with Crippen molar-refractivity contribution in [1.82, 2.24) is 0 Å². The molecule has 64 valence electrons. The summed E-state index contributed by atoms with van der Waals surface area (Å²) in [5.41, 5.74) is 0.0706. The van der Waals surface area contributed by atoms with Crippen molar-refractivity contribution in [2.24, 2.45) is 11.3 Å². The molecule has 1 heterocycles. The Labute approximate surface area is 67.6 Å². The Kier molecular flexibility index (Phi) is 1.69. The zero-order valence-corrected chi connectivity index (χ0v) is 7.05. The maximum Gasteiger partial charge on any atom is 0.0679 e. The van der Waals surface area contributed by atoms with Gasteiger partial charge < -0.3 is 9.84 Å². The van der Waals surface area contributed by atoms with E-state index in [9.17, 15) is 5.11 Å². The van der Waals surface area contributed by atoms with Crippen LogP contribution in [0.25, 0.3) is 0 Å². The van der Waals surface area contributed by atoms with Crippen molar-refractivity contribution >= 4 is 0 Å². The van der Waals surface area contributed by atoms with E-state index in [1.807, 2.05) is 0 Å². The molecule has 0 spiro atoms. The molecular weight excluding hydrogens is 140 g/mol. The average molecular weight is 156 g/mol. The Morgan fingerprint density at radius 2 is 2.27 bits per heavy atom. The Balaban J connectivity index is 2.05. The van der Waals surface area contributed by atoms with Gasteiger partial charge in [-0.25, -0.2) is 0 Å². The van der Waals surface area contributed by atoms with E-state index in [0.29, 0.717) is 6.10 Å². The second-order valence-corrected chi connectivity index (χ2v) is 4.19. The first-order valence-corrected chi connectivity index (χ1v) is 4.49. The van der Waals surface area contributed by atoms with Gasteiger partial charge in [0.1, 0.15) is 0 Å². The summed E-state index contributed by atoms with van der Waals surface area (Å²) >= 11 is 0. The summed E-state index contributed by atoms with van der Waals surface area (Å²) in [6.45, 7) is 3.27. The minimum absolute atomic E-state index is 0.0706. The molecule has 0 aromatic rings. The molecule has 1 aliphatic carbocycles. The lowest BCUT2D eigenvalue weighted by Crippen LogP contribution is -2.32. The molecule has 0 bridgehead atoms. The predicted octanol–water partition coefficient (Wildman–Crippen LogP) is 1.18. The van der Waals surface area contributed by atoms with Crippen LogP contribution in [0.4, 0.5) is 0 Å². The van der Waals surface area contributed by atoms with Crippen LogP contribution in [0.2, 0.25) is 0 Å². The molecule has 0 amide bonds. The third-order valence-electron chi connectivity index (χ3n) is 3.07. The summed E-state index contributed by atoms with van der Waals surface area (Å²) in [6.07, 6.45) is 4.00. The molecule has 11 heavy (non-hydrogen) atoms. The Morgan fingerprint density at radius 3 is 2.82 bits per heavy atom.